The summed E-state index contributed by atoms with van der Waals surface area (Å²) in [5.74, 6) is 0. The van der Waals surface area contributed by atoms with E-state index in [2.05, 4.69) is 31.2 Å². The molecule has 1 aromatic heterocycles. The van der Waals surface area contributed by atoms with Gasteiger partial charge in [-0.2, -0.15) is 9.36 Å². The zero-order valence-corrected chi connectivity index (χ0v) is 11.4. The maximum atomic E-state index is 12.0. The highest BCUT2D eigenvalue weighted by Gasteiger charge is 2.15. The largest absolute Gasteiger partial charge is 0.394 e. The number of nitrogens with zero attached hydrogens (tertiary/aromatic N) is 4. The van der Waals surface area contributed by atoms with Crippen molar-refractivity contribution in [3.63, 3.8) is 0 Å². The first-order valence-corrected chi connectivity index (χ1v) is 6.18. The Hall–Kier alpha value is -1.95. The monoisotopic (exact) mass is 262 g/mol. The van der Waals surface area contributed by atoms with E-state index in [1.807, 2.05) is 24.3 Å². The highest BCUT2D eigenvalue weighted by atomic mass is 16.3. The first-order valence-electron chi connectivity index (χ1n) is 6.18. The molecular formula is C13H18N4O2. The average molecular weight is 262 g/mol. The van der Waals surface area contributed by atoms with Crippen molar-refractivity contribution in [3.05, 3.63) is 40.3 Å². The number of hydrogen-bond donors (Lipinski definition) is 1. The molecule has 19 heavy (non-hydrogen) atoms. The second-order valence-corrected chi connectivity index (χ2v) is 5.42. The topological polar surface area (TPSA) is 72.9 Å². The number of aliphatic hydroxyl groups is 1. The van der Waals surface area contributed by atoms with E-state index < -0.39 is 0 Å². The van der Waals surface area contributed by atoms with Gasteiger partial charge in [-0.3, -0.25) is 0 Å². The van der Waals surface area contributed by atoms with Crippen molar-refractivity contribution in [1.29, 1.82) is 0 Å². The van der Waals surface area contributed by atoms with Crippen molar-refractivity contribution in [2.24, 2.45) is 0 Å². The summed E-state index contributed by atoms with van der Waals surface area (Å²) in [7, 11) is 0. The molecule has 6 heteroatoms. The van der Waals surface area contributed by atoms with Crippen LogP contribution in [0.15, 0.2) is 29.1 Å². The Morgan fingerprint density at radius 2 is 2.00 bits per heavy atom. The first-order chi connectivity index (χ1) is 8.93. The molecule has 0 saturated carbocycles. The summed E-state index contributed by atoms with van der Waals surface area (Å²) in [4.78, 5) is 12.0. The summed E-state index contributed by atoms with van der Waals surface area (Å²) in [6.45, 7) is 6.34. The van der Waals surface area contributed by atoms with Crippen molar-refractivity contribution < 1.29 is 5.11 Å². The zero-order chi connectivity index (χ0) is 14.0. The maximum absolute atomic E-state index is 12.0. The quantitative estimate of drug-likeness (QED) is 0.884. The van der Waals surface area contributed by atoms with Crippen LogP contribution >= 0.6 is 0 Å². The molecular weight excluding hydrogens is 244 g/mol. The Morgan fingerprint density at radius 1 is 1.26 bits per heavy atom. The van der Waals surface area contributed by atoms with Crippen molar-refractivity contribution >= 4 is 0 Å². The Labute approximate surface area is 111 Å². The zero-order valence-electron chi connectivity index (χ0n) is 11.4. The number of hydrogen-bond acceptors (Lipinski definition) is 4. The maximum Gasteiger partial charge on any atom is 0.368 e. The van der Waals surface area contributed by atoms with Crippen LogP contribution in [0.25, 0.3) is 5.69 Å². The second kappa shape index (κ2) is 4.97. The van der Waals surface area contributed by atoms with E-state index in [4.69, 9.17) is 5.11 Å². The van der Waals surface area contributed by atoms with E-state index in [1.54, 1.807) is 0 Å². The molecule has 1 aromatic carbocycles. The third-order valence-electron chi connectivity index (χ3n) is 2.91. The van der Waals surface area contributed by atoms with Gasteiger partial charge in [0.25, 0.3) is 0 Å². The predicted octanol–water partition coefficient (Wildman–Crippen LogP) is 0.719. The first kappa shape index (κ1) is 13.5. The molecule has 2 rings (SSSR count). The third kappa shape index (κ3) is 2.73. The standard InChI is InChI=1S/C13H18N4O2/c1-13(2,3)10-5-4-6-11(9-10)17-12(19)16(7-8-18)14-15-17/h4-6,9,18H,7-8H2,1-3H3. The molecule has 1 heterocycles. The molecule has 0 radical (unpaired) electrons. The molecule has 0 unspecified atom stereocenters. The summed E-state index contributed by atoms with van der Waals surface area (Å²) in [5.41, 5.74) is 1.45. The van der Waals surface area contributed by atoms with Gasteiger partial charge >= 0.3 is 5.69 Å². The lowest BCUT2D eigenvalue weighted by Gasteiger charge is -2.19. The molecule has 0 atom stereocenters. The lowest BCUT2D eigenvalue weighted by atomic mass is 9.87. The van der Waals surface area contributed by atoms with E-state index in [-0.39, 0.29) is 24.3 Å². The third-order valence-corrected chi connectivity index (χ3v) is 2.91. The fraction of sp³-hybridized carbons (Fsp3) is 0.462. The number of aliphatic hydroxyl groups excluding tert-OH is 1. The van der Waals surface area contributed by atoms with Gasteiger partial charge in [-0.05, 0) is 33.5 Å². The summed E-state index contributed by atoms with van der Waals surface area (Å²) in [6.07, 6.45) is 0. The fourth-order valence-electron chi connectivity index (χ4n) is 1.78. The van der Waals surface area contributed by atoms with Crippen LogP contribution in [0.1, 0.15) is 26.3 Å². The van der Waals surface area contributed by atoms with Crippen molar-refractivity contribution in [2.75, 3.05) is 6.61 Å². The van der Waals surface area contributed by atoms with E-state index >= 15 is 0 Å². The summed E-state index contributed by atoms with van der Waals surface area (Å²) >= 11 is 0. The predicted molar refractivity (Wildman–Crippen MR) is 71.4 cm³/mol. The van der Waals surface area contributed by atoms with Crippen molar-refractivity contribution in [3.8, 4) is 5.69 Å². The molecule has 6 nitrogen and oxygen atoms in total. The van der Waals surface area contributed by atoms with Gasteiger partial charge < -0.3 is 5.11 Å². The molecule has 0 aliphatic rings. The Kier molecular flexibility index (Phi) is 3.53. The minimum Gasteiger partial charge on any atom is -0.394 e. The minimum absolute atomic E-state index is 0.000705. The van der Waals surface area contributed by atoms with Crippen LogP contribution in [0.5, 0.6) is 0 Å². The van der Waals surface area contributed by atoms with Crippen LogP contribution in [-0.4, -0.2) is 31.5 Å². The lowest BCUT2D eigenvalue weighted by Crippen LogP contribution is -2.25. The molecule has 0 saturated heterocycles. The normalized spacial score (nSPS) is 11.8. The van der Waals surface area contributed by atoms with Gasteiger partial charge in [-0.25, -0.2) is 4.79 Å². The van der Waals surface area contributed by atoms with Gasteiger partial charge in [-0.1, -0.05) is 32.9 Å². The molecule has 0 bridgehead atoms. The molecule has 2 aromatic rings. The van der Waals surface area contributed by atoms with Crippen molar-refractivity contribution in [2.45, 2.75) is 32.7 Å². The van der Waals surface area contributed by atoms with Crippen LogP contribution in [0.4, 0.5) is 0 Å². The van der Waals surface area contributed by atoms with E-state index in [0.717, 1.165) is 10.2 Å². The molecule has 0 spiro atoms. The minimum atomic E-state index is -0.347. The van der Waals surface area contributed by atoms with Gasteiger partial charge in [0.1, 0.15) is 0 Å². The lowest BCUT2D eigenvalue weighted by molar-refractivity contribution is 0.266. The van der Waals surface area contributed by atoms with Gasteiger partial charge in [0.15, 0.2) is 0 Å². The average Bonchev–Trinajstić information content (AvgIpc) is 2.71. The number of aromatic nitrogens is 4. The van der Waals surface area contributed by atoms with Gasteiger partial charge in [0.2, 0.25) is 0 Å². The van der Waals surface area contributed by atoms with Crippen molar-refractivity contribution in [1.82, 2.24) is 19.8 Å². The summed E-state index contributed by atoms with van der Waals surface area (Å²) in [6, 6.07) is 7.66. The molecule has 0 aliphatic carbocycles. The molecule has 0 fully saturated rings. The van der Waals surface area contributed by atoms with E-state index in [9.17, 15) is 4.79 Å². The van der Waals surface area contributed by atoms with Gasteiger partial charge in [0, 0.05) is 0 Å². The van der Waals surface area contributed by atoms with Crippen LogP contribution in [0, 0.1) is 0 Å². The molecule has 1 N–H and O–H groups in total. The van der Waals surface area contributed by atoms with Crippen LogP contribution in [0.3, 0.4) is 0 Å². The molecule has 0 amide bonds. The Morgan fingerprint density at radius 3 is 2.63 bits per heavy atom. The Balaban J connectivity index is 2.45. The molecule has 0 aliphatic heterocycles. The summed E-state index contributed by atoms with van der Waals surface area (Å²) < 4.78 is 2.38. The SMILES string of the molecule is CC(C)(C)c1cccc(-n2nnn(CCO)c2=O)c1. The fourth-order valence-corrected chi connectivity index (χ4v) is 1.78. The molecule has 102 valence electrons. The smallest absolute Gasteiger partial charge is 0.368 e. The van der Waals surface area contributed by atoms with Crippen LogP contribution < -0.4 is 5.69 Å². The van der Waals surface area contributed by atoms with Crippen LogP contribution in [-0.2, 0) is 12.0 Å². The second-order valence-electron chi connectivity index (χ2n) is 5.42. The Bertz CT molecular complexity index is 622. The highest BCUT2D eigenvalue weighted by molar-refractivity contribution is 5.37. The van der Waals surface area contributed by atoms with E-state index in [1.165, 1.54) is 4.68 Å². The number of tetrazole rings is 1. The number of benzene rings is 1. The highest BCUT2D eigenvalue weighted by Crippen LogP contribution is 2.23. The number of rotatable bonds is 3. The van der Waals surface area contributed by atoms with Gasteiger partial charge in [-0.15, -0.1) is 0 Å². The van der Waals surface area contributed by atoms with E-state index in [0.29, 0.717) is 5.69 Å². The van der Waals surface area contributed by atoms with Gasteiger partial charge in [0.05, 0.1) is 18.8 Å². The summed E-state index contributed by atoms with van der Waals surface area (Å²) in [5, 5.41) is 16.4. The van der Waals surface area contributed by atoms with Crippen LogP contribution in [0.2, 0.25) is 0 Å².